The number of halogens is 2. The van der Waals surface area contributed by atoms with Crippen LogP contribution in [0.3, 0.4) is 0 Å². The zero-order valence-electron chi connectivity index (χ0n) is 18.6. The summed E-state index contributed by atoms with van der Waals surface area (Å²) in [7, 11) is 10.2. The molecule has 0 radical (unpaired) electrons. The minimum atomic E-state index is -0.382. The highest BCUT2D eigenvalue weighted by Gasteiger charge is 2.10. The molecule has 2 aromatic carbocycles. The summed E-state index contributed by atoms with van der Waals surface area (Å²) in [6, 6.07) is 15.0. The molecule has 0 saturated heterocycles. The lowest BCUT2D eigenvalue weighted by Gasteiger charge is -2.18. The molecule has 0 amide bonds. The maximum atomic E-state index is 3.59. The predicted molar refractivity (Wildman–Crippen MR) is 140 cm³/mol. The molecule has 3 nitrogen and oxygen atoms in total. The maximum Gasteiger partial charge on any atom is 0.0675 e. The third-order valence-corrected chi connectivity index (χ3v) is 6.86. The van der Waals surface area contributed by atoms with Crippen LogP contribution in [-0.4, -0.2) is 41.8 Å². The molecular weight excluding hydrogens is 497 g/mol. The van der Waals surface area contributed by atoms with E-state index < -0.39 is 0 Å². The lowest BCUT2D eigenvalue weighted by molar-refractivity contribution is 0.772. The van der Waals surface area contributed by atoms with Crippen molar-refractivity contribution in [2.24, 2.45) is 0 Å². The van der Waals surface area contributed by atoms with Gasteiger partial charge in [-0.05, 0) is 89.1 Å². The Morgan fingerprint density at radius 1 is 0.857 bits per heavy atom. The first-order valence-electron chi connectivity index (χ1n) is 9.42. The molecule has 6 heteroatoms. The van der Waals surface area contributed by atoms with Crippen LogP contribution in [0.5, 0.6) is 0 Å². The summed E-state index contributed by atoms with van der Waals surface area (Å²) >= 11 is 7.18. The van der Waals surface area contributed by atoms with Gasteiger partial charge in [-0.15, -0.1) is 0 Å². The van der Waals surface area contributed by atoms with Crippen LogP contribution >= 0.6 is 36.3 Å². The first kappa shape index (κ1) is 27.4. The van der Waals surface area contributed by atoms with E-state index in [2.05, 4.69) is 123 Å². The van der Waals surface area contributed by atoms with Crippen molar-refractivity contribution in [3.63, 3.8) is 0 Å². The molecule has 0 saturated carbocycles. The molecule has 0 bridgehead atoms. The van der Waals surface area contributed by atoms with Crippen molar-refractivity contribution < 1.29 is 0 Å². The second-order valence-electron chi connectivity index (χ2n) is 6.95. The number of anilines is 2. The van der Waals surface area contributed by atoms with Gasteiger partial charge in [0, 0.05) is 44.9 Å². The third-order valence-electron chi connectivity index (χ3n) is 3.85. The van der Waals surface area contributed by atoms with Gasteiger partial charge in [0.1, 0.15) is 0 Å². The fourth-order valence-electron chi connectivity index (χ4n) is 2.24. The molecule has 0 aliphatic rings. The average molecular weight is 533 g/mol. The van der Waals surface area contributed by atoms with Crippen LogP contribution in [0.25, 0.3) is 0 Å². The summed E-state index contributed by atoms with van der Waals surface area (Å²) in [5.41, 5.74) is 5.13. The summed E-state index contributed by atoms with van der Waals surface area (Å²) in [6.07, 6.45) is 1.23. The summed E-state index contributed by atoms with van der Waals surface area (Å²) in [5, 5.41) is 3.97. The predicted octanol–water partition coefficient (Wildman–Crippen LogP) is 6.46. The number of rotatable bonds is 5. The van der Waals surface area contributed by atoms with E-state index in [1.54, 1.807) is 0 Å². The van der Waals surface area contributed by atoms with Crippen LogP contribution in [0.2, 0.25) is 0 Å². The van der Waals surface area contributed by atoms with E-state index >= 15 is 0 Å². The summed E-state index contributed by atoms with van der Waals surface area (Å²) in [5.74, 6) is 0. The van der Waals surface area contributed by atoms with Crippen molar-refractivity contribution in [2.45, 2.75) is 27.2 Å². The van der Waals surface area contributed by atoms with Gasteiger partial charge in [0.05, 0.1) is 5.33 Å². The minimum Gasteiger partial charge on any atom is -0.378 e. The second-order valence-corrected chi connectivity index (χ2v) is 15.0. The van der Waals surface area contributed by atoms with Crippen LogP contribution < -0.4 is 20.4 Å². The van der Waals surface area contributed by atoms with Crippen molar-refractivity contribution in [1.82, 2.24) is 5.32 Å². The van der Waals surface area contributed by atoms with E-state index in [1.807, 2.05) is 21.1 Å². The van der Waals surface area contributed by atoms with E-state index in [9.17, 15) is 0 Å². The molecule has 2 rings (SSSR count). The summed E-state index contributed by atoms with van der Waals surface area (Å²) in [4.78, 5) is 4.23. The summed E-state index contributed by atoms with van der Waals surface area (Å²) < 4.78 is 0. The first-order chi connectivity index (χ1) is 13.1. The highest BCUT2D eigenvalue weighted by molar-refractivity contribution is 9.70. The molecule has 2 aromatic rings. The first-order valence-corrected chi connectivity index (χ1v) is 14.8. The highest BCUT2D eigenvalue weighted by atomic mass is 79.9. The zero-order valence-corrected chi connectivity index (χ0v) is 22.6. The van der Waals surface area contributed by atoms with Crippen molar-refractivity contribution in [1.29, 1.82) is 0 Å². The van der Waals surface area contributed by atoms with Gasteiger partial charge < -0.3 is 15.1 Å². The Hall–Kier alpha value is -0.610. The van der Waals surface area contributed by atoms with E-state index in [-0.39, 0.29) is 5.33 Å². The van der Waals surface area contributed by atoms with E-state index in [0.717, 1.165) is 6.54 Å². The molecule has 0 heterocycles. The lowest BCUT2D eigenvalue weighted by atomic mass is 10.2. The molecule has 0 aliphatic carbocycles. The number of nitrogens with zero attached hydrogens (tertiary/aromatic N) is 2. The van der Waals surface area contributed by atoms with Crippen molar-refractivity contribution in [2.75, 3.05) is 51.6 Å². The fourth-order valence-corrected chi connectivity index (χ4v) is 4.69. The van der Waals surface area contributed by atoms with Gasteiger partial charge in [-0.3, -0.25) is 0 Å². The molecule has 28 heavy (non-hydrogen) atoms. The van der Waals surface area contributed by atoms with Crippen LogP contribution in [0.4, 0.5) is 11.4 Å². The van der Waals surface area contributed by atoms with E-state index in [1.165, 1.54) is 34.2 Å². The Kier molecular flexibility index (Phi) is 14.9. The highest BCUT2D eigenvalue weighted by Crippen LogP contribution is 2.52. The monoisotopic (exact) mass is 531 g/mol. The molecule has 0 aromatic heterocycles. The quantitative estimate of drug-likeness (QED) is 0.445. The lowest BCUT2D eigenvalue weighted by Crippen LogP contribution is -2.16. The number of hydrogen-bond donors (Lipinski definition) is 1. The summed E-state index contributed by atoms with van der Waals surface area (Å²) in [6.45, 7) is 7.50. The van der Waals surface area contributed by atoms with E-state index in [0.29, 0.717) is 0 Å². The van der Waals surface area contributed by atoms with Gasteiger partial charge in [-0.25, -0.2) is 0 Å². The fraction of sp³-hybridized carbons (Fsp3) is 0.455. The number of benzene rings is 2. The van der Waals surface area contributed by atoms with Gasteiger partial charge in [0.2, 0.25) is 0 Å². The van der Waals surface area contributed by atoms with Gasteiger partial charge in [-0.1, -0.05) is 36.2 Å². The van der Waals surface area contributed by atoms with Crippen LogP contribution in [0.1, 0.15) is 24.5 Å². The molecule has 0 atom stereocenters. The Labute approximate surface area is 190 Å². The van der Waals surface area contributed by atoms with Crippen molar-refractivity contribution in [3.05, 3.63) is 53.6 Å². The number of aryl methyl sites for hydroxylation is 2. The van der Waals surface area contributed by atoms with Gasteiger partial charge in [0.25, 0.3) is 0 Å². The Balaban J connectivity index is 0.000000431. The Morgan fingerprint density at radius 3 is 1.75 bits per heavy atom. The molecule has 0 fully saturated rings. The normalized spacial score (nSPS) is 9.82. The van der Waals surface area contributed by atoms with E-state index in [4.69, 9.17) is 0 Å². The van der Waals surface area contributed by atoms with Gasteiger partial charge in [-0.2, -0.15) is 0 Å². The number of hydrogen-bond acceptors (Lipinski definition) is 3. The largest absolute Gasteiger partial charge is 0.378 e. The molecule has 0 unspecified atom stereocenters. The average Bonchev–Trinajstić information content (AvgIpc) is 2.63. The van der Waals surface area contributed by atoms with Gasteiger partial charge in [0.15, 0.2) is 0 Å². The van der Waals surface area contributed by atoms with Crippen LogP contribution in [0, 0.1) is 13.8 Å². The molecule has 0 aliphatic heterocycles. The van der Waals surface area contributed by atoms with Crippen LogP contribution in [0.15, 0.2) is 42.5 Å². The third kappa shape index (κ3) is 11.4. The van der Waals surface area contributed by atoms with Crippen molar-refractivity contribution in [3.8, 4) is 0 Å². The zero-order chi connectivity index (χ0) is 21.7. The van der Waals surface area contributed by atoms with Crippen molar-refractivity contribution >= 4 is 53.0 Å². The molecule has 0 spiro atoms. The standard InChI is InChI=1S/C9H12Br2NP.C9H13N.C4H11N/c1-7-4-5-8(12(2)3)9(6-7)13(10)11;1-8-4-6-9(7-5-8)10(2)3;1-3-4-5-2/h4-6H,1-3H3;4-7H,1-3H3;5H,3-4H2,1-2H3. The Bertz CT molecular complexity index is 657. The topological polar surface area (TPSA) is 18.5 Å². The maximum absolute atomic E-state index is 3.59. The number of nitrogens with one attached hydrogen (secondary N) is 1. The SMILES string of the molecule is CCCNC.Cc1ccc(N(C)C)c(P(Br)Br)c1.Cc1ccc(N(C)C)cc1. The van der Waals surface area contributed by atoms with Crippen LogP contribution in [-0.2, 0) is 0 Å². The van der Waals surface area contributed by atoms with Gasteiger partial charge >= 0.3 is 0 Å². The second kappa shape index (κ2) is 15.3. The molecular formula is C22H36Br2N3P. The molecule has 1 N–H and O–H groups in total. The smallest absolute Gasteiger partial charge is 0.0675 e. The minimum absolute atomic E-state index is 0.382. The Morgan fingerprint density at radius 2 is 1.39 bits per heavy atom. The molecule has 158 valence electrons.